The number of benzene rings is 1. The Morgan fingerprint density at radius 1 is 1.17 bits per heavy atom. The van der Waals surface area contributed by atoms with Crippen LogP contribution in [0, 0.1) is 17.1 Å². The van der Waals surface area contributed by atoms with Crippen LogP contribution in [0.15, 0.2) is 67.1 Å². The standard InChI is InChI=1S/C28H23F3N6O4/c29-19-11-21(16-33-15-19)36(24(18-4-2-1-3-5-18)25(38)35-20-12-28(30,31)13-20)26(39)22-7-9-41-27(40)37(22)23-10-17(14-32)6-8-34-23/h1-6,8,10-11,15-16,20,22,24H,7,9,12-13H2,(H,35,38)/t22-,24+/m0/s1. The predicted molar refractivity (Wildman–Crippen MR) is 138 cm³/mol. The summed E-state index contributed by atoms with van der Waals surface area (Å²) in [6.45, 7) is -0.141. The molecular weight excluding hydrogens is 541 g/mol. The summed E-state index contributed by atoms with van der Waals surface area (Å²) in [4.78, 5) is 51.0. The first kappa shape index (κ1) is 27.6. The summed E-state index contributed by atoms with van der Waals surface area (Å²) < 4.78 is 46.7. The van der Waals surface area contributed by atoms with Gasteiger partial charge in [-0.05, 0) is 17.7 Å². The molecule has 3 amide bonds. The van der Waals surface area contributed by atoms with Crippen molar-refractivity contribution in [3.63, 3.8) is 0 Å². The Morgan fingerprint density at radius 2 is 1.93 bits per heavy atom. The Hall–Kier alpha value is -4.99. The van der Waals surface area contributed by atoms with Gasteiger partial charge in [-0.25, -0.2) is 27.8 Å². The third kappa shape index (κ3) is 5.81. The molecule has 1 aliphatic carbocycles. The first-order valence-electron chi connectivity index (χ1n) is 12.7. The number of cyclic esters (lactones) is 1. The molecule has 0 spiro atoms. The summed E-state index contributed by atoms with van der Waals surface area (Å²) in [6, 6.07) is 10.2. The molecule has 5 rings (SSSR count). The van der Waals surface area contributed by atoms with Gasteiger partial charge in [-0.2, -0.15) is 5.26 Å². The van der Waals surface area contributed by atoms with E-state index in [1.165, 1.54) is 24.5 Å². The largest absolute Gasteiger partial charge is 0.449 e. The van der Waals surface area contributed by atoms with Gasteiger partial charge < -0.3 is 10.1 Å². The Bertz CT molecular complexity index is 1510. The molecule has 2 aromatic heterocycles. The highest BCUT2D eigenvalue weighted by molar-refractivity contribution is 6.08. The Kier molecular flexibility index (Phi) is 7.56. The van der Waals surface area contributed by atoms with E-state index in [-0.39, 0.29) is 30.1 Å². The third-order valence-corrected chi connectivity index (χ3v) is 6.80. The predicted octanol–water partition coefficient (Wildman–Crippen LogP) is 3.89. The lowest BCUT2D eigenvalue weighted by atomic mass is 9.87. The average Bonchev–Trinajstić information content (AvgIpc) is 2.94. The lowest BCUT2D eigenvalue weighted by molar-refractivity contribution is -0.133. The second kappa shape index (κ2) is 11.2. The van der Waals surface area contributed by atoms with Crippen LogP contribution in [-0.4, -0.2) is 52.5 Å². The van der Waals surface area contributed by atoms with Crippen molar-refractivity contribution in [2.45, 2.75) is 43.3 Å². The molecule has 13 heteroatoms. The van der Waals surface area contributed by atoms with Crippen LogP contribution in [0.1, 0.15) is 36.4 Å². The van der Waals surface area contributed by atoms with Crippen LogP contribution in [0.25, 0.3) is 0 Å². The SMILES string of the molecule is N#Cc1ccnc(N2C(=O)OCC[C@H]2C(=O)N(c2cncc(F)c2)[C@@H](C(=O)NC2CC(F)(F)C2)c2ccccc2)c1. The van der Waals surface area contributed by atoms with Crippen LogP contribution >= 0.6 is 0 Å². The minimum absolute atomic E-state index is 0.0275. The Morgan fingerprint density at radius 3 is 2.61 bits per heavy atom. The molecular formula is C28H23F3N6O4. The van der Waals surface area contributed by atoms with E-state index in [9.17, 15) is 32.8 Å². The van der Waals surface area contributed by atoms with Crippen LogP contribution < -0.4 is 15.1 Å². The van der Waals surface area contributed by atoms with Gasteiger partial charge in [-0.15, -0.1) is 0 Å². The highest BCUT2D eigenvalue weighted by Gasteiger charge is 2.48. The molecule has 2 fully saturated rings. The minimum Gasteiger partial charge on any atom is -0.449 e. The molecule has 1 saturated heterocycles. The molecule has 0 radical (unpaired) electrons. The number of carbonyl (C=O) groups is 3. The van der Waals surface area contributed by atoms with Crippen molar-refractivity contribution in [2.75, 3.05) is 16.4 Å². The van der Waals surface area contributed by atoms with E-state index in [0.717, 1.165) is 22.1 Å². The summed E-state index contributed by atoms with van der Waals surface area (Å²) in [5.41, 5.74) is 0.378. The van der Waals surface area contributed by atoms with E-state index in [2.05, 4.69) is 15.3 Å². The maximum absolute atomic E-state index is 14.4. The van der Waals surface area contributed by atoms with Crippen molar-refractivity contribution in [3.05, 3.63) is 84.1 Å². The van der Waals surface area contributed by atoms with E-state index >= 15 is 0 Å². The first-order chi connectivity index (χ1) is 19.7. The van der Waals surface area contributed by atoms with Gasteiger partial charge in [0.05, 0.1) is 36.3 Å². The molecule has 1 aromatic carbocycles. The van der Waals surface area contributed by atoms with Gasteiger partial charge in [0.15, 0.2) is 0 Å². The quantitative estimate of drug-likeness (QED) is 0.461. The summed E-state index contributed by atoms with van der Waals surface area (Å²) in [6.07, 6.45) is 1.34. The number of halogens is 3. The van der Waals surface area contributed by atoms with E-state index in [1.54, 1.807) is 30.3 Å². The molecule has 0 unspecified atom stereocenters. The van der Waals surface area contributed by atoms with Crippen LogP contribution in [0.3, 0.4) is 0 Å². The van der Waals surface area contributed by atoms with E-state index < -0.39 is 60.6 Å². The molecule has 1 aliphatic heterocycles. The zero-order chi connectivity index (χ0) is 29.1. The highest BCUT2D eigenvalue weighted by atomic mass is 19.3. The van der Waals surface area contributed by atoms with Gasteiger partial charge in [-0.1, -0.05) is 30.3 Å². The number of hydrogen-bond donors (Lipinski definition) is 1. The number of alkyl halides is 2. The molecule has 2 atom stereocenters. The number of pyridine rings is 2. The topological polar surface area (TPSA) is 129 Å². The average molecular weight is 565 g/mol. The van der Waals surface area contributed by atoms with Crippen molar-refractivity contribution in [3.8, 4) is 6.07 Å². The third-order valence-electron chi connectivity index (χ3n) is 6.80. The van der Waals surface area contributed by atoms with Gasteiger partial charge in [-0.3, -0.25) is 19.5 Å². The smallest absolute Gasteiger partial charge is 0.416 e. The number of hydrogen-bond acceptors (Lipinski definition) is 7. The normalized spacial score (nSPS) is 18.8. The highest BCUT2D eigenvalue weighted by Crippen LogP contribution is 2.38. The van der Waals surface area contributed by atoms with Crippen LogP contribution in [0.5, 0.6) is 0 Å². The second-order valence-electron chi connectivity index (χ2n) is 9.66. The van der Waals surface area contributed by atoms with Crippen LogP contribution in [0.4, 0.5) is 29.5 Å². The number of nitrogens with one attached hydrogen (secondary N) is 1. The molecule has 3 heterocycles. The van der Waals surface area contributed by atoms with E-state index in [0.29, 0.717) is 5.56 Å². The van der Waals surface area contributed by atoms with Gasteiger partial charge in [0.1, 0.15) is 23.7 Å². The summed E-state index contributed by atoms with van der Waals surface area (Å²) in [5, 5.41) is 11.9. The number of aromatic nitrogens is 2. The molecule has 3 aromatic rings. The number of nitriles is 1. The number of amides is 3. The lowest BCUT2D eigenvalue weighted by Gasteiger charge is -2.40. The summed E-state index contributed by atoms with van der Waals surface area (Å²) in [5.74, 6) is -5.32. The van der Waals surface area contributed by atoms with Gasteiger partial charge in [0.2, 0.25) is 5.91 Å². The molecule has 41 heavy (non-hydrogen) atoms. The zero-order valence-electron chi connectivity index (χ0n) is 21.4. The fraction of sp³-hybridized carbons (Fsp3) is 0.286. The maximum atomic E-state index is 14.4. The zero-order valence-corrected chi connectivity index (χ0v) is 21.4. The molecule has 10 nitrogen and oxygen atoms in total. The molecule has 1 N–H and O–H groups in total. The fourth-order valence-electron chi connectivity index (χ4n) is 4.88. The number of rotatable bonds is 7. The van der Waals surface area contributed by atoms with Gasteiger partial charge in [0, 0.05) is 37.6 Å². The van der Waals surface area contributed by atoms with Crippen molar-refractivity contribution >= 4 is 29.4 Å². The Balaban J connectivity index is 1.59. The first-order valence-corrected chi connectivity index (χ1v) is 12.7. The van der Waals surface area contributed by atoms with Gasteiger partial charge in [0.25, 0.3) is 11.8 Å². The summed E-state index contributed by atoms with van der Waals surface area (Å²) >= 11 is 0. The molecule has 1 saturated carbocycles. The fourth-order valence-corrected chi connectivity index (χ4v) is 4.88. The summed E-state index contributed by atoms with van der Waals surface area (Å²) in [7, 11) is 0. The van der Waals surface area contributed by atoms with E-state index in [4.69, 9.17) is 4.74 Å². The van der Waals surface area contributed by atoms with Crippen molar-refractivity contribution < 1.29 is 32.3 Å². The monoisotopic (exact) mass is 564 g/mol. The second-order valence-corrected chi connectivity index (χ2v) is 9.66. The lowest BCUT2D eigenvalue weighted by Crippen LogP contribution is -2.58. The number of ether oxygens (including phenoxy) is 1. The number of carbonyl (C=O) groups excluding carboxylic acids is 3. The number of anilines is 2. The Labute approximate surface area is 232 Å². The minimum atomic E-state index is -2.91. The molecule has 210 valence electrons. The van der Waals surface area contributed by atoms with Crippen molar-refractivity contribution in [1.82, 2.24) is 15.3 Å². The van der Waals surface area contributed by atoms with Crippen molar-refractivity contribution in [2.24, 2.45) is 0 Å². The van der Waals surface area contributed by atoms with Crippen molar-refractivity contribution in [1.29, 1.82) is 5.26 Å². The molecule has 0 bridgehead atoms. The van der Waals surface area contributed by atoms with Crippen LogP contribution in [0.2, 0.25) is 0 Å². The number of nitrogens with zero attached hydrogens (tertiary/aromatic N) is 5. The molecule has 2 aliphatic rings. The van der Waals surface area contributed by atoms with Crippen LogP contribution in [-0.2, 0) is 14.3 Å². The van der Waals surface area contributed by atoms with Gasteiger partial charge >= 0.3 is 6.09 Å². The maximum Gasteiger partial charge on any atom is 0.416 e. The van der Waals surface area contributed by atoms with E-state index in [1.807, 2.05) is 6.07 Å².